The van der Waals surface area contributed by atoms with E-state index in [1.807, 2.05) is 0 Å². The summed E-state index contributed by atoms with van der Waals surface area (Å²) in [4.78, 5) is 36.2. The number of rotatable bonds is 3. The molecule has 1 aromatic rings. The van der Waals surface area contributed by atoms with Crippen molar-refractivity contribution in [2.24, 2.45) is 0 Å². The van der Waals surface area contributed by atoms with Crippen LogP contribution in [0, 0.1) is 5.82 Å². The van der Waals surface area contributed by atoms with E-state index in [0.29, 0.717) is 0 Å². The third kappa shape index (κ3) is 3.21. The third-order valence-corrected chi connectivity index (χ3v) is 3.80. The van der Waals surface area contributed by atoms with Crippen LogP contribution in [0.5, 0.6) is 0 Å². The van der Waals surface area contributed by atoms with E-state index in [0.717, 1.165) is 11.0 Å². The predicted octanol–water partition coefficient (Wildman–Crippen LogP) is 1.00. The molecule has 0 radical (unpaired) electrons. The summed E-state index contributed by atoms with van der Waals surface area (Å²) in [5.41, 5.74) is -0.206. The van der Waals surface area contributed by atoms with Crippen molar-refractivity contribution < 1.29 is 23.9 Å². The number of piperazine rings is 1. The van der Waals surface area contributed by atoms with Crippen molar-refractivity contribution in [2.75, 3.05) is 13.1 Å². The first-order chi connectivity index (χ1) is 9.91. The minimum atomic E-state index is -1.21. The molecular formula is C13H12BrFN2O4. The van der Waals surface area contributed by atoms with Crippen LogP contribution in [0.1, 0.15) is 16.8 Å². The highest BCUT2D eigenvalue weighted by molar-refractivity contribution is 9.10. The second-order valence-electron chi connectivity index (χ2n) is 4.50. The molecule has 1 aliphatic rings. The Labute approximate surface area is 128 Å². The van der Waals surface area contributed by atoms with E-state index in [-0.39, 0.29) is 23.1 Å². The second-order valence-corrected chi connectivity index (χ2v) is 5.35. The lowest BCUT2D eigenvalue weighted by Crippen LogP contribution is -2.57. The van der Waals surface area contributed by atoms with Crippen molar-refractivity contribution in [1.29, 1.82) is 0 Å². The first-order valence-corrected chi connectivity index (χ1v) is 6.95. The fraction of sp³-hybridized carbons (Fsp3) is 0.308. The molecule has 0 saturated carbocycles. The highest BCUT2D eigenvalue weighted by atomic mass is 79.9. The summed E-state index contributed by atoms with van der Waals surface area (Å²) in [6.07, 6.45) is -0.524. The van der Waals surface area contributed by atoms with E-state index in [1.165, 1.54) is 12.1 Å². The van der Waals surface area contributed by atoms with Crippen LogP contribution in [-0.4, -0.2) is 46.9 Å². The van der Waals surface area contributed by atoms with Gasteiger partial charge in [0, 0.05) is 17.6 Å². The minimum Gasteiger partial charge on any atom is -0.481 e. The number of carbonyl (C=O) groups is 3. The summed E-state index contributed by atoms with van der Waals surface area (Å²) in [5, 5.41) is 11.4. The maximum Gasteiger partial charge on any atom is 0.305 e. The van der Waals surface area contributed by atoms with Crippen molar-refractivity contribution in [2.45, 2.75) is 12.5 Å². The summed E-state index contributed by atoms with van der Waals surface area (Å²) in [6, 6.07) is 2.93. The molecule has 1 heterocycles. The molecule has 1 fully saturated rings. The second kappa shape index (κ2) is 6.21. The van der Waals surface area contributed by atoms with Crippen molar-refractivity contribution >= 4 is 33.7 Å². The largest absolute Gasteiger partial charge is 0.481 e. The van der Waals surface area contributed by atoms with Gasteiger partial charge in [-0.3, -0.25) is 14.4 Å². The predicted molar refractivity (Wildman–Crippen MR) is 74.2 cm³/mol. The lowest BCUT2D eigenvalue weighted by molar-refractivity contribution is -0.142. The van der Waals surface area contributed by atoms with Gasteiger partial charge in [0.1, 0.15) is 11.9 Å². The molecule has 112 valence electrons. The molecule has 6 nitrogen and oxygen atoms in total. The Hall–Kier alpha value is -1.96. The van der Waals surface area contributed by atoms with Crippen molar-refractivity contribution in [1.82, 2.24) is 10.2 Å². The number of nitrogens with zero attached hydrogens (tertiary/aromatic N) is 1. The maximum absolute atomic E-state index is 13.8. The lowest BCUT2D eigenvalue weighted by atomic mass is 10.1. The Kier molecular flexibility index (Phi) is 4.56. The van der Waals surface area contributed by atoms with Gasteiger partial charge in [-0.15, -0.1) is 0 Å². The quantitative estimate of drug-likeness (QED) is 0.843. The van der Waals surface area contributed by atoms with Crippen LogP contribution in [-0.2, 0) is 9.59 Å². The zero-order valence-corrected chi connectivity index (χ0v) is 12.4. The molecule has 0 spiro atoms. The van der Waals surface area contributed by atoms with Gasteiger partial charge in [0.15, 0.2) is 0 Å². The van der Waals surface area contributed by atoms with Crippen LogP contribution >= 0.6 is 15.9 Å². The molecule has 1 aromatic carbocycles. The van der Waals surface area contributed by atoms with Gasteiger partial charge in [0.2, 0.25) is 5.91 Å². The van der Waals surface area contributed by atoms with Gasteiger partial charge in [-0.1, -0.05) is 6.07 Å². The van der Waals surface area contributed by atoms with Gasteiger partial charge >= 0.3 is 5.97 Å². The third-order valence-electron chi connectivity index (χ3n) is 3.14. The van der Waals surface area contributed by atoms with E-state index >= 15 is 0 Å². The molecule has 21 heavy (non-hydrogen) atoms. The van der Waals surface area contributed by atoms with Crippen molar-refractivity contribution in [3.63, 3.8) is 0 Å². The number of halogens is 2. The molecule has 0 bridgehead atoms. The first-order valence-electron chi connectivity index (χ1n) is 6.16. The van der Waals surface area contributed by atoms with E-state index < -0.39 is 36.1 Å². The molecule has 1 unspecified atom stereocenters. The number of hydrogen-bond donors (Lipinski definition) is 2. The highest BCUT2D eigenvalue weighted by Crippen LogP contribution is 2.23. The average molecular weight is 359 g/mol. The number of carboxylic acid groups (broad SMARTS) is 1. The number of amides is 2. The normalized spacial score (nSPS) is 18.3. The summed E-state index contributed by atoms with van der Waals surface area (Å²) in [5.74, 6) is -3.19. The van der Waals surface area contributed by atoms with Gasteiger partial charge in [-0.2, -0.15) is 0 Å². The topological polar surface area (TPSA) is 86.7 Å². The SMILES string of the molecule is O=C(O)CC1C(=O)NCCN1C(=O)c1c(F)cccc1Br. The molecule has 0 aliphatic carbocycles. The molecule has 8 heteroatoms. The van der Waals surface area contributed by atoms with E-state index in [1.54, 1.807) is 0 Å². The summed E-state index contributed by atoms with van der Waals surface area (Å²) in [6.45, 7) is 0.329. The molecule has 2 rings (SSSR count). The summed E-state index contributed by atoms with van der Waals surface area (Å²) >= 11 is 3.10. The Morgan fingerprint density at radius 1 is 1.48 bits per heavy atom. The van der Waals surface area contributed by atoms with Crippen LogP contribution < -0.4 is 5.32 Å². The Balaban J connectivity index is 2.35. The maximum atomic E-state index is 13.8. The zero-order valence-electron chi connectivity index (χ0n) is 10.8. The van der Waals surface area contributed by atoms with Crippen LogP contribution in [0.15, 0.2) is 22.7 Å². The average Bonchev–Trinajstić information content (AvgIpc) is 2.40. The molecule has 1 atom stereocenters. The lowest BCUT2D eigenvalue weighted by Gasteiger charge is -2.34. The standard InChI is InChI=1S/C13H12BrFN2O4/c14-7-2-1-3-8(15)11(7)13(21)17-5-4-16-12(20)9(17)6-10(18)19/h1-3,9H,4-6H2,(H,16,20)(H,18,19). The van der Waals surface area contributed by atoms with Gasteiger partial charge in [-0.25, -0.2) is 4.39 Å². The number of benzene rings is 1. The monoisotopic (exact) mass is 358 g/mol. The fourth-order valence-electron chi connectivity index (χ4n) is 2.17. The summed E-state index contributed by atoms with van der Waals surface area (Å²) in [7, 11) is 0. The smallest absolute Gasteiger partial charge is 0.305 e. The molecule has 1 aliphatic heterocycles. The number of carboxylic acids is 1. The van der Waals surface area contributed by atoms with Crippen LogP contribution in [0.2, 0.25) is 0 Å². The number of carbonyl (C=O) groups excluding carboxylic acids is 2. The van der Waals surface area contributed by atoms with E-state index in [4.69, 9.17) is 5.11 Å². The number of hydrogen-bond acceptors (Lipinski definition) is 3. The Morgan fingerprint density at radius 3 is 2.81 bits per heavy atom. The molecule has 0 aromatic heterocycles. The van der Waals surface area contributed by atoms with Gasteiger partial charge in [0.25, 0.3) is 5.91 Å². The Bertz CT molecular complexity index is 588. The van der Waals surface area contributed by atoms with Gasteiger partial charge in [-0.05, 0) is 28.1 Å². The summed E-state index contributed by atoms with van der Waals surface area (Å²) < 4.78 is 14.1. The highest BCUT2D eigenvalue weighted by Gasteiger charge is 2.36. The number of aliphatic carboxylic acids is 1. The van der Waals surface area contributed by atoms with Crippen LogP contribution in [0.3, 0.4) is 0 Å². The number of nitrogens with one attached hydrogen (secondary N) is 1. The fourth-order valence-corrected chi connectivity index (χ4v) is 2.68. The zero-order chi connectivity index (χ0) is 15.6. The van der Waals surface area contributed by atoms with Crippen molar-refractivity contribution in [3.05, 3.63) is 34.1 Å². The Morgan fingerprint density at radius 2 is 2.19 bits per heavy atom. The minimum absolute atomic E-state index is 0.128. The molecular weight excluding hydrogens is 347 g/mol. The van der Waals surface area contributed by atoms with Crippen LogP contribution in [0.4, 0.5) is 4.39 Å². The van der Waals surface area contributed by atoms with Crippen molar-refractivity contribution in [3.8, 4) is 0 Å². The molecule has 2 N–H and O–H groups in total. The molecule has 2 amide bonds. The van der Waals surface area contributed by atoms with E-state index in [9.17, 15) is 18.8 Å². The van der Waals surface area contributed by atoms with Gasteiger partial charge in [0.05, 0.1) is 12.0 Å². The van der Waals surface area contributed by atoms with Crippen LogP contribution in [0.25, 0.3) is 0 Å². The van der Waals surface area contributed by atoms with Gasteiger partial charge < -0.3 is 15.3 Å². The van der Waals surface area contributed by atoms with E-state index in [2.05, 4.69) is 21.2 Å². The first kappa shape index (κ1) is 15.4. The molecule has 1 saturated heterocycles.